The predicted octanol–water partition coefficient (Wildman–Crippen LogP) is 2.86. The van der Waals surface area contributed by atoms with Gasteiger partial charge in [-0.2, -0.15) is 5.10 Å². The van der Waals surface area contributed by atoms with Gasteiger partial charge in [-0.1, -0.05) is 29.4 Å². The smallest absolute Gasteiger partial charge is 0.150 e. The van der Waals surface area contributed by atoms with E-state index in [-0.39, 0.29) is 0 Å². The Morgan fingerprint density at radius 2 is 1.95 bits per heavy atom. The number of benzene rings is 1. The Bertz CT molecular complexity index is 718. The van der Waals surface area contributed by atoms with Crippen LogP contribution >= 0.6 is 0 Å². The third-order valence-corrected chi connectivity index (χ3v) is 3.55. The summed E-state index contributed by atoms with van der Waals surface area (Å²) in [5.74, 6) is 0.893. The minimum atomic E-state index is 0.747. The van der Waals surface area contributed by atoms with E-state index in [1.807, 2.05) is 29.9 Å². The summed E-state index contributed by atoms with van der Waals surface area (Å²) in [6, 6.07) is 12.4. The Morgan fingerprint density at radius 3 is 2.64 bits per heavy atom. The molecule has 0 amide bonds. The molecule has 0 bridgehead atoms. The number of nitrogens with zero attached hydrogens (tertiary/aromatic N) is 4. The number of hydrogen-bond acceptors (Lipinski definition) is 4. The molecule has 0 fully saturated rings. The lowest BCUT2D eigenvalue weighted by Crippen LogP contribution is -2.18. The van der Waals surface area contributed by atoms with Gasteiger partial charge in [0.25, 0.3) is 0 Å². The number of aryl methyl sites for hydroxylation is 1. The first-order valence-electron chi connectivity index (χ1n) is 7.35. The molecule has 0 saturated carbocycles. The molecule has 114 valence electrons. The Labute approximate surface area is 130 Å². The zero-order valence-corrected chi connectivity index (χ0v) is 12.9. The van der Waals surface area contributed by atoms with Crippen molar-refractivity contribution in [2.24, 2.45) is 0 Å². The summed E-state index contributed by atoms with van der Waals surface area (Å²) in [7, 11) is 2.09. The van der Waals surface area contributed by atoms with Crippen LogP contribution in [0.2, 0.25) is 0 Å². The first kappa shape index (κ1) is 14.5. The highest BCUT2D eigenvalue weighted by Crippen LogP contribution is 2.14. The molecule has 3 rings (SSSR count). The maximum absolute atomic E-state index is 5.28. The molecule has 0 saturated heterocycles. The maximum atomic E-state index is 5.28. The summed E-state index contributed by atoms with van der Waals surface area (Å²) in [4.78, 5) is 2.22. The van der Waals surface area contributed by atoms with Crippen LogP contribution in [0.4, 0.5) is 0 Å². The van der Waals surface area contributed by atoms with E-state index >= 15 is 0 Å². The van der Waals surface area contributed by atoms with Crippen LogP contribution < -0.4 is 0 Å². The summed E-state index contributed by atoms with van der Waals surface area (Å²) < 4.78 is 7.23. The number of hydrogen-bond donors (Lipinski definition) is 0. The molecule has 5 nitrogen and oxygen atoms in total. The quantitative estimate of drug-likeness (QED) is 0.702. The van der Waals surface area contributed by atoms with Crippen molar-refractivity contribution in [2.45, 2.75) is 26.6 Å². The van der Waals surface area contributed by atoms with E-state index in [4.69, 9.17) is 4.52 Å². The van der Waals surface area contributed by atoms with E-state index in [1.165, 1.54) is 11.1 Å². The largest absolute Gasteiger partial charge is 0.360 e. The van der Waals surface area contributed by atoms with Crippen molar-refractivity contribution in [2.75, 3.05) is 7.05 Å². The van der Waals surface area contributed by atoms with Gasteiger partial charge in [-0.05, 0) is 31.2 Å². The fourth-order valence-electron chi connectivity index (χ4n) is 2.54. The Morgan fingerprint density at radius 1 is 1.14 bits per heavy atom. The molecule has 0 N–H and O–H groups in total. The zero-order chi connectivity index (χ0) is 15.4. The van der Waals surface area contributed by atoms with Gasteiger partial charge in [-0.15, -0.1) is 0 Å². The van der Waals surface area contributed by atoms with Crippen LogP contribution in [0, 0.1) is 6.92 Å². The highest BCUT2D eigenvalue weighted by Gasteiger charge is 2.09. The molecule has 0 aliphatic heterocycles. The normalized spacial score (nSPS) is 11.2. The lowest BCUT2D eigenvalue weighted by atomic mass is 10.1. The molecular formula is C17H20N4O. The first-order valence-corrected chi connectivity index (χ1v) is 7.35. The van der Waals surface area contributed by atoms with Gasteiger partial charge >= 0.3 is 0 Å². The van der Waals surface area contributed by atoms with Gasteiger partial charge in [0.2, 0.25) is 0 Å². The second-order valence-electron chi connectivity index (χ2n) is 5.58. The molecule has 0 radical (unpaired) electrons. The fourth-order valence-corrected chi connectivity index (χ4v) is 2.54. The molecule has 0 spiro atoms. The predicted molar refractivity (Wildman–Crippen MR) is 84.2 cm³/mol. The zero-order valence-electron chi connectivity index (χ0n) is 12.9. The Hall–Kier alpha value is -2.40. The topological polar surface area (TPSA) is 47.1 Å². The number of rotatable bonds is 6. The molecule has 5 heteroatoms. The van der Waals surface area contributed by atoms with Crippen LogP contribution in [-0.2, 0) is 19.6 Å². The number of aromatic nitrogens is 3. The second kappa shape index (κ2) is 6.58. The highest BCUT2D eigenvalue weighted by atomic mass is 16.5. The van der Waals surface area contributed by atoms with E-state index in [1.54, 1.807) is 6.20 Å². The van der Waals surface area contributed by atoms with Crippen LogP contribution in [0.5, 0.6) is 0 Å². The maximum Gasteiger partial charge on any atom is 0.150 e. The van der Waals surface area contributed by atoms with Crippen LogP contribution in [0.3, 0.4) is 0 Å². The van der Waals surface area contributed by atoms with Crippen molar-refractivity contribution in [3.05, 3.63) is 71.4 Å². The minimum Gasteiger partial charge on any atom is -0.360 e. The summed E-state index contributed by atoms with van der Waals surface area (Å²) in [5, 5.41) is 8.21. The van der Waals surface area contributed by atoms with Crippen molar-refractivity contribution in [1.82, 2.24) is 19.8 Å². The Balaban J connectivity index is 1.69. The van der Waals surface area contributed by atoms with Crippen molar-refractivity contribution in [1.29, 1.82) is 0 Å². The SMILES string of the molecule is Cc1cc(CN(C)Cc2ccccc2Cn2cccn2)on1. The lowest BCUT2D eigenvalue weighted by Gasteiger charge is -2.17. The van der Waals surface area contributed by atoms with Gasteiger partial charge in [-0.25, -0.2) is 0 Å². The van der Waals surface area contributed by atoms with Gasteiger partial charge in [-0.3, -0.25) is 9.58 Å². The van der Waals surface area contributed by atoms with E-state index in [0.29, 0.717) is 0 Å². The van der Waals surface area contributed by atoms with Crippen LogP contribution in [0.25, 0.3) is 0 Å². The first-order chi connectivity index (χ1) is 10.7. The average molecular weight is 296 g/mol. The standard InChI is InChI=1S/C17H20N4O/c1-14-10-17(22-19-14)13-20(2)11-15-6-3-4-7-16(15)12-21-9-5-8-18-21/h3-10H,11-13H2,1-2H3. The average Bonchev–Trinajstić information content (AvgIpc) is 3.13. The van der Waals surface area contributed by atoms with Gasteiger partial charge in [0, 0.05) is 25.0 Å². The molecule has 0 atom stereocenters. The monoisotopic (exact) mass is 296 g/mol. The van der Waals surface area contributed by atoms with Crippen LogP contribution in [0.15, 0.2) is 53.3 Å². The van der Waals surface area contributed by atoms with Crippen molar-refractivity contribution in [3.63, 3.8) is 0 Å². The molecule has 0 unspecified atom stereocenters. The third kappa shape index (κ3) is 3.62. The summed E-state index contributed by atoms with van der Waals surface area (Å²) >= 11 is 0. The third-order valence-electron chi connectivity index (χ3n) is 3.55. The summed E-state index contributed by atoms with van der Waals surface area (Å²) in [5.41, 5.74) is 3.51. The van der Waals surface area contributed by atoms with E-state index < -0.39 is 0 Å². The van der Waals surface area contributed by atoms with Crippen molar-refractivity contribution >= 4 is 0 Å². The summed E-state index contributed by atoms with van der Waals surface area (Å²) in [6.07, 6.45) is 3.79. The summed E-state index contributed by atoms with van der Waals surface area (Å²) in [6.45, 7) is 4.33. The molecule has 22 heavy (non-hydrogen) atoms. The lowest BCUT2D eigenvalue weighted by molar-refractivity contribution is 0.265. The fraction of sp³-hybridized carbons (Fsp3) is 0.294. The van der Waals surface area contributed by atoms with E-state index in [2.05, 4.69) is 46.5 Å². The molecule has 3 aromatic rings. The molecule has 0 aliphatic carbocycles. The van der Waals surface area contributed by atoms with Gasteiger partial charge in [0.1, 0.15) is 0 Å². The Kier molecular flexibility index (Phi) is 4.34. The van der Waals surface area contributed by atoms with E-state index in [0.717, 1.165) is 31.1 Å². The molecular weight excluding hydrogens is 276 g/mol. The van der Waals surface area contributed by atoms with E-state index in [9.17, 15) is 0 Å². The minimum absolute atomic E-state index is 0.747. The highest BCUT2D eigenvalue weighted by molar-refractivity contribution is 5.27. The van der Waals surface area contributed by atoms with Gasteiger partial charge < -0.3 is 4.52 Å². The van der Waals surface area contributed by atoms with Crippen LogP contribution in [0.1, 0.15) is 22.6 Å². The second-order valence-corrected chi connectivity index (χ2v) is 5.58. The van der Waals surface area contributed by atoms with Crippen molar-refractivity contribution in [3.8, 4) is 0 Å². The van der Waals surface area contributed by atoms with Gasteiger partial charge in [0.15, 0.2) is 5.76 Å². The van der Waals surface area contributed by atoms with Crippen LogP contribution in [-0.4, -0.2) is 26.9 Å². The molecule has 0 aliphatic rings. The molecule has 1 aromatic carbocycles. The molecule has 2 heterocycles. The van der Waals surface area contributed by atoms with Gasteiger partial charge in [0.05, 0.1) is 18.8 Å². The van der Waals surface area contributed by atoms with Crippen molar-refractivity contribution < 1.29 is 4.52 Å². The molecule has 2 aromatic heterocycles.